The summed E-state index contributed by atoms with van der Waals surface area (Å²) in [4.78, 5) is 0. The lowest BCUT2D eigenvalue weighted by Crippen LogP contribution is -2.08. The topological polar surface area (TPSA) is 49.2 Å². The number of rotatable bonds is 9. The van der Waals surface area contributed by atoms with Crippen LogP contribution in [0.1, 0.15) is 19.4 Å². The van der Waals surface area contributed by atoms with E-state index < -0.39 is 0 Å². The van der Waals surface area contributed by atoms with Crippen molar-refractivity contribution in [2.24, 2.45) is 5.92 Å². The largest absolute Gasteiger partial charge is 0.497 e. The smallest absolute Gasteiger partial charge is 0.191 e. The first-order valence-corrected chi connectivity index (χ1v) is 10.4. The molecule has 148 valence electrons. The van der Waals surface area contributed by atoms with Crippen LogP contribution in [0, 0.1) is 5.92 Å². The molecule has 0 aliphatic rings. The van der Waals surface area contributed by atoms with Gasteiger partial charge in [0.1, 0.15) is 11.5 Å². The molecule has 1 heterocycles. The van der Waals surface area contributed by atoms with E-state index in [1.54, 1.807) is 26.0 Å². The molecule has 0 aliphatic heterocycles. The molecule has 2 aromatic carbocycles. The lowest BCUT2D eigenvalue weighted by molar-refractivity contribution is 0.414. The second kappa shape index (κ2) is 9.64. The van der Waals surface area contributed by atoms with Crippen molar-refractivity contribution in [2.75, 3.05) is 20.0 Å². The summed E-state index contributed by atoms with van der Waals surface area (Å²) < 4.78 is 12.7. The van der Waals surface area contributed by atoms with Crippen LogP contribution in [0.4, 0.5) is 0 Å². The van der Waals surface area contributed by atoms with E-state index in [4.69, 9.17) is 9.47 Å². The Bertz CT molecular complexity index is 874. The first kappa shape index (κ1) is 20.3. The van der Waals surface area contributed by atoms with Crippen molar-refractivity contribution in [3.8, 4) is 22.9 Å². The number of thioether (sulfide) groups is 1. The summed E-state index contributed by atoms with van der Waals surface area (Å²) >= 11 is 1.75. The summed E-state index contributed by atoms with van der Waals surface area (Å²) in [5, 5.41) is 9.92. The van der Waals surface area contributed by atoms with Crippen molar-refractivity contribution in [3.63, 3.8) is 0 Å². The number of methoxy groups -OCH3 is 2. The summed E-state index contributed by atoms with van der Waals surface area (Å²) in [5.41, 5.74) is 2.34. The van der Waals surface area contributed by atoms with Gasteiger partial charge in [0.2, 0.25) is 0 Å². The number of nitrogens with zero attached hydrogens (tertiary/aromatic N) is 3. The van der Waals surface area contributed by atoms with Gasteiger partial charge in [0, 0.05) is 17.9 Å². The number of aryl methyl sites for hydroxylation is 1. The standard InChI is InChI=1S/C22H27N3O2S/c1-16(2)15-25-21(18-7-11-20(27-4)12-8-18)23-24-22(25)28-14-13-17-5-9-19(26-3)10-6-17/h5-12,16H,13-15H2,1-4H3. The average molecular weight is 398 g/mol. The van der Waals surface area contributed by atoms with E-state index in [9.17, 15) is 0 Å². The summed E-state index contributed by atoms with van der Waals surface area (Å²) in [7, 11) is 3.36. The van der Waals surface area contributed by atoms with Gasteiger partial charge in [-0.3, -0.25) is 0 Å². The van der Waals surface area contributed by atoms with E-state index in [1.807, 2.05) is 36.4 Å². The highest BCUT2D eigenvalue weighted by Crippen LogP contribution is 2.27. The van der Waals surface area contributed by atoms with Gasteiger partial charge >= 0.3 is 0 Å². The predicted octanol–water partition coefficient (Wildman–Crippen LogP) is 4.95. The molecule has 0 N–H and O–H groups in total. The fourth-order valence-corrected chi connectivity index (χ4v) is 3.87. The van der Waals surface area contributed by atoms with Crippen molar-refractivity contribution in [3.05, 3.63) is 54.1 Å². The monoisotopic (exact) mass is 397 g/mol. The molecule has 0 spiro atoms. The molecule has 0 unspecified atom stereocenters. The molecular weight excluding hydrogens is 370 g/mol. The van der Waals surface area contributed by atoms with Gasteiger partial charge in [-0.15, -0.1) is 10.2 Å². The van der Waals surface area contributed by atoms with Crippen LogP contribution in [0.2, 0.25) is 0 Å². The van der Waals surface area contributed by atoms with Crippen molar-refractivity contribution >= 4 is 11.8 Å². The van der Waals surface area contributed by atoms with Crippen LogP contribution >= 0.6 is 11.8 Å². The van der Waals surface area contributed by atoms with Gasteiger partial charge in [-0.25, -0.2) is 0 Å². The van der Waals surface area contributed by atoms with Crippen LogP contribution in [0.3, 0.4) is 0 Å². The zero-order valence-corrected chi connectivity index (χ0v) is 17.7. The number of aromatic nitrogens is 3. The quantitative estimate of drug-likeness (QED) is 0.478. The lowest BCUT2D eigenvalue weighted by Gasteiger charge is -2.13. The molecule has 1 aromatic heterocycles. The predicted molar refractivity (Wildman–Crippen MR) is 114 cm³/mol. The van der Waals surface area contributed by atoms with Crippen LogP contribution in [0.25, 0.3) is 11.4 Å². The van der Waals surface area contributed by atoms with E-state index in [0.29, 0.717) is 5.92 Å². The molecular formula is C22H27N3O2S. The third-order valence-electron chi connectivity index (χ3n) is 4.39. The van der Waals surface area contributed by atoms with E-state index >= 15 is 0 Å². The maximum absolute atomic E-state index is 5.26. The first-order valence-electron chi connectivity index (χ1n) is 9.44. The van der Waals surface area contributed by atoms with Gasteiger partial charge in [-0.2, -0.15) is 0 Å². The normalized spacial score (nSPS) is 11.0. The molecule has 0 fully saturated rings. The van der Waals surface area contributed by atoms with Crippen molar-refractivity contribution in [2.45, 2.75) is 32.0 Å². The zero-order chi connectivity index (χ0) is 19.9. The molecule has 3 rings (SSSR count). The van der Waals surface area contributed by atoms with Crippen molar-refractivity contribution < 1.29 is 9.47 Å². The summed E-state index contributed by atoms with van der Waals surface area (Å²) in [6.07, 6.45) is 0.973. The Kier molecular flexibility index (Phi) is 6.98. The van der Waals surface area contributed by atoms with Gasteiger partial charge in [-0.1, -0.05) is 37.7 Å². The fraction of sp³-hybridized carbons (Fsp3) is 0.364. The Morgan fingerprint density at radius 3 is 2.07 bits per heavy atom. The van der Waals surface area contributed by atoms with Crippen LogP contribution < -0.4 is 9.47 Å². The third kappa shape index (κ3) is 5.07. The Balaban J connectivity index is 1.73. The maximum atomic E-state index is 5.26. The van der Waals surface area contributed by atoms with Crippen molar-refractivity contribution in [1.82, 2.24) is 14.8 Å². The summed E-state index contributed by atoms with van der Waals surface area (Å²) in [5.74, 6) is 4.09. The molecule has 28 heavy (non-hydrogen) atoms. The van der Waals surface area contributed by atoms with Crippen molar-refractivity contribution in [1.29, 1.82) is 0 Å². The van der Waals surface area contributed by atoms with Gasteiger partial charge in [0.25, 0.3) is 0 Å². The zero-order valence-electron chi connectivity index (χ0n) is 16.9. The van der Waals surface area contributed by atoms with Crippen LogP contribution in [-0.2, 0) is 13.0 Å². The van der Waals surface area contributed by atoms with Gasteiger partial charge in [0.15, 0.2) is 11.0 Å². The van der Waals surface area contributed by atoms with Crippen LogP contribution in [-0.4, -0.2) is 34.7 Å². The Morgan fingerprint density at radius 2 is 1.50 bits per heavy atom. The third-order valence-corrected chi connectivity index (χ3v) is 5.36. The van der Waals surface area contributed by atoms with Gasteiger partial charge in [0.05, 0.1) is 14.2 Å². The highest BCUT2D eigenvalue weighted by atomic mass is 32.2. The molecule has 0 bridgehead atoms. The van der Waals surface area contributed by atoms with Gasteiger partial charge < -0.3 is 14.0 Å². The SMILES string of the molecule is COc1ccc(CCSc2nnc(-c3ccc(OC)cc3)n2CC(C)C)cc1. The molecule has 0 atom stereocenters. The molecule has 0 saturated carbocycles. The average Bonchev–Trinajstić information content (AvgIpc) is 3.10. The number of ether oxygens (including phenoxy) is 2. The molecule has 5 nitrogen and oxygen atoms in total. The second-order valence-electron chi connectivity index (χ2n) is 6.99. The van der Waals surface area contributed by atoms with Crippen LogP contribution in [0.5, 0.6) is 11.5 Å². The lowest BCUT2D eigenvalue weighted by atomic mass is 10.2. The fourth-order valence-electron chi connectivity index (χ4n) is 2.93. The number of benzene rings is 2. The molecule has 0 amide bonds. The Labute approximate surface area is 171 Å². The number of hydrogen-bond donors (Lipinski definition) is 0. The van der Waals surface area contributed by atoms with E-state index in [1.165, 1.54) is 5.56 Å². The first-order chi connectivity index (χ1) is 13.6. The molecule has 3 aromatic rings. The summed E-state index contributed by atoms with van der Waals surface area (Å²) in [6.45, 7) is 5.31. The highest BCUT2D eigenvalue weighted by molar-refractivity contribution is 7.99. The maximum Gasteiger partial charge on any atom is 0.191 e. The molecule has 6 heteroatoms. The highest BCUT2D eigenvalue weighted by Gasteiger charge is 2.15. The van der Waals surface area contributed by atoms with E-state index in [-0.39, 0.29) is 0 Å². The minimum atomic E-state index is 0.508. The molecule has 0 radical (unpaired) electrons. The molecule has 0 aliphatic carbocycles. The summed E-state index contributed by atoms with van der Waals surface area (Å²) in [6, 6.07) is 16.2. The number of hydrogen-bond acceptors (Lipinski definition) is 5. The van der Waals surface area contributed by atoms with E-state index in [0.717, 1.165) is 46.8 Å². The minimum absolute atomic E-state index is 0.508. The Hall–Kier alpha value is -2.47. The van der Waals surface area contributed by atoms with Crippen LogP contribution in [0.15, 0.2) is 53.7 Å². The minimum Gasteiger partial charge on any atom is -0.497 e. The van der Waals surface area contributed by atoms with E-state index in [2.05, 4.69) is 40.7 Å². The second-order valence-corrected chi connectivity index (χ2v) is 8.05. The van der Waals surface area contributed by atoms with Gasteiger partial charge in [-0.05, 0) is 54.3 Å². The molecule has 0 saturated heterocycles. The Morgan fingerprint density at radius 1 is 0.893 bits per heavy atom.